The van der Waals surface area contributed by atoms with Crippen LogP contribution in [0.3, 0.4) is 0 Å². The van der Waals surface area contributed by atoms with Crippen molar-refractivity contribution in [1.29, 1.82) is 0 Å². The molecule has 2 aromatic rings. The largest absolute Gasteiger partial charge is 0.507 e. The number of halogens is 1. The molecule has 1 N–H and O–H groups in total. The molecular weight excluding hydrogens is 436 g/mol. The van der Waals surface area contributed by atoms with Gasteiger partial charge in [0.1, 0.15) is 11.5 Å². The lowest BCUT2D eigenvalue weighted by atomic mass is 9.95. The third-order valence-electron chi connectivity index (χ3n) is 4.88. The number of carbonyl (C=O) groups is 2. The minimum absolute atomic E-state index is 0.0984. The Morgan fingerprint density at radius 2 is 1.72 bits per heavy atom. The second-order valence-electron chi connectivity index (χ2n) is 7.08. The van der Waals surface area contributed by atoms with Crippen LogP contribution in [-0.4, -0.2) is 60.9 Å². The van der Waals surface area contributed by atoms with Crippen molar-refractivity contribution in [2.75, 3.05) is 34.3 Å². The third kappa shape index (κ3) is 4.36. The van der Waals surface area contributed by atoms with E-state index in [0.29, 0.717) is 24.4 Å². The molecule has 1 aliphatic heterocycles. The fourth-order valence-electron chi connectivity index (χ4n) is 3.31. The minimum Gasteiger partial charge on any atom is -0.507 e. The number of likely N-dealkylation sites (N-methyl/N-ethyl adjacent to an activating group) is 1. The molecule has 1 fully saturated rings. The first-order valence-electron chi connectivity index (χ1n) is 9.16. The Bertz CT molecular complexity index is 936. The molecule has 1 amide bonds. The molecule has 0 aromatic heterocycles. The zero-order chi connectivity index (χ0) is 21.1. The van der Waals surface area contributed by atoms with Crippen LogP contribution in [0, 0.1) is 0 Å². The van der Waals surface area contributed by atoms with Crippen molar-refractivity contribution in [3.05, 3.63) is 69.7 Å². The van der Waals surface area contributed by atoms with Gasteiger partial charge in [0, 0.05) is 23.1 Å². The van der Waals surface area contributed by atoms with E-state index >= 15 is 0 Å². The van der Waals surface area contributed by atoms with Crippen LogP contribution in [0.5, 0.6) is 5.75 Å². The molecule has 0 saturated carbocycles. The normalized spacial score (nSPS) is 18.5. The van der Waals surface area contributed by atoms with Crippen LogP contribution in [0.2, 0.25) is 0 Å². The van der Waals surface area contributed by atoms with Crippen molar-refractivity contribution in [1.82, 2.24) is 9.80 Å². The number of amides is 1. The molecule has 0 bridgehead atoms. The Morgan fingerprint density at radius 1 is 1.10 bits per heavy atom. The molecule has 29 heavy (non-hydrogen) atoms. The Labute approximate surface area is 178 Å². The Hall–Kier alpha value is -2.64. The first-order chi connectivity index (χ1) is 13.8. The van der Waals surface area contributed by atoms with Gasteiger partial charge in [-0.25, -0.2) is 0 Å². The summed E-state index contributed by atoms with van der Waals surface area (Å²) in [6, 6.07) is 13.5. The molecule has 0 aliphatic carbocycles. The lowest BCUT2D eigenvalue weighted by Gasteiger charge is -2.26. The van der Waals surface area contributed by atoms with Gasteiger partial charge in [-0.1, -0.05) is 28.1 Å². The van der Waals surface area contributed by atoms with Crippen LogP contribution in [0.25, 0.3) is 5.76 Å². The number of Topliss-reactive ketones (excluding diaryl/α,β-unsaturated/α-hetero) is 1. The zero-order valence-electron chi connectivity index (χ0n) is 16.6. The van der Waals surface area contributed by atoms with Crippen LogP contribution < -0.4 is 4.74 Å². The number of aliphatic hydroxyl groups excluding tert-OH is 1. The fourth-order valence-corrected chi connectivity index (χ4v) is 3.58. The van der Waals surface area contributed by atoms with E-state index in [1.807, 2.05) is 43.3 Å². The summed E-state index contributed by atoms with van der Waals surface area (Å²) in [5.41, 5.74) is 1.32. The molecule has 7 heteroatoms. The lowest BCUT2D eigenvalue weighted by molar-refractivity contribution is -0.140. The monoisotopic (exact) mass is 458 g/mol. The number of nitrogens with zero attached hydrogens (tertiary/aromatic N) is 2. The first kappa shape index (κ1) is 21.1. The standard InChI is InChI=1S/C22H23BrN2O4/c1-24(2)12-13-25-19(14-4-8-16(23)9-5-14)18(21(27)22(25)28)20(26)15-6-10-17(29-3)11-7-15/h4-11,19,26H,12-13H2,1-3H3/b20-18-. The number of benzene rings is 2. The minimum atomic E-state index is -0.676. The van der Waals surface area contributed by atoms with Gasteiger partial charge in [-0.15, -0.1) is 0 Å². The summed E-state index contributed by atoms with van der Waals surface area (Å²) in [5.74, 6) is -0.830. The number of carbonyl (C=O) groups excluding carboxylic acids is 2. The Morgan fingerprint density at radius 3 is 2.28 bits per heavy atom. The van der Waals surface area contributed by atoms with E-state index < -0.39 is 17.7 Å². The topological polar surface area (TPSA) is 70.1 Å². The van der Waals surface area contributed by atoms with Gasteiger partial charge in [0.15, 0.2) is 0 Å². The van der Waals surface area contributed by atoms with Crippen LogP contribution in [0.15, 0.2) is 58.6 Å². The summed E-state index contributed by atoms with van der Waals surface area (Å²) >= 11 is 3.41. The van der Waals surface area contributed by atoms with E-state index in [4.69, 9.17) is 4.74 Å². The van der Waals surface area contributed by atoms with Gasteiger partial charge >= 0.3 is 0 Å². The zero-order valence-corrected chi connectivity index (χ0v) is 18.1. The van der Waals surface area contributed by atoms with E-state index in [1.54, 1.807) is 31.4 Å². The van der Waals surface area contributed by atoms with Crippen molar-refractivity contribution in [3.8, 4) is 5.75 Å². The average molecular weight is 459 g/mol. The van der Waals surface area contributed by atoms with Crippen molar-refractivity contribution < 1.29 is 19.4 Å². The molecule has 1 heterocycles. The SMILES string of the molecule is COc1ccc(/C(O)=C2/C(=O)C(=O)N(CCN(C)C)C2c2ccc(Br)cc2)cc1. The highest BCUT2D eigenvalue weighted by molar-refractivity contribution is 9.10. The predicted octanol–water partition coefficient (Wildman–Crippen LogP) is 3.44. The number of hydrogen-bond donors (Lipinski definition) is 1. The molecule has 1 aliphatic rings. The molecule has 152 valence electrons. The fraction of sp³-hybridized carbons (Fsp3) is 0.273. The van der Waals surface area contributed by atoms with E-state index in [9.17, 15) is 14.7 Å². The quantitative estimate of drug-likeness (QED) is 0.407. The highest BCUT2D eigenvalue weighted by atomic mass is 79.9. The summed E-state index contributed by atoms with van der Waals surface area (Å²) in [4.78, 5) is 29.2. The van der Waals surface area contributed by atoms with Gasteiger partial charge in [-0.3, -0.25) is 9.59 Å². The molecule has 2 aromatic carbocycles. The van der Waals surface area contributed by atoms with Crippen molar-refractivity contribution in [2.24, 2.45) is 0 Å². The van der Waals surface area contributed by atoms with Gasteiger partial charge < -0.3 is 19.6 Å². The maximum absolute atomic E-state index is 12.9. The van der Waals surface area contributed by atoms with Gasteiger partial charge in [-0.2, -0.15) is 0 Å². The van der Waals surface area contributed by atoms with Crippen LogP contribution in [0.1, 0.15) is 17.2 Å². The molecular formula is C22H23BrN2O4. The summed E-state index contributed by atoms with van der Waals surface area (Å²) in [6.07, 6.45) is 0. The van der Waals surface area contributed by atoms with E-state index in [1.165, 1.54) is 4.90 Å². The number of ketones is 1. The predicted molar refractivity (Wildman–Crippen MR) is 115 cm³/mol. The van der Waals surface area contributed by atoms with E-state index in [-0.39, 0.29) is 11.3 Å². The highest BCUT2D eigenvalue weighted by Crippen LogP contribution is 2.39. The second-order valence-corrected chi connectivity index (χ2v) is 7.99. The molecule has 1 atom stereocenters. The maximum Gasteiger partial charge on any atom is 0.295 e. The van der Waals surface area contributed by atoms with Gasteiger partial charge in [0.2, 0.25) is 0 Å². The first-order valence-corrected chi connectivity index (χ1v) is 9.95. The summed E-state index contributed by atoms with van der Waals surface area (Å²) in [6.45, 7) is 0.973. The number of ether oxygens (including phenoxy) is 1. The molecule has 0 radical (unpaired) electrons. The van der Waals surface area contributed by atoms with E-state index in [2.05, 4.69) is 15.9 Å². The summed E-state index contributed by atoms with van der Waals surface area (Å²) in [7, 11) is 5.36. The number of hydrogen-bond acceptors (Lipinski definition) is 5. The highest BCUT2D eigenvalue weighted by Gasteiger charge is 2.45. The third-order valence-corrected chi connectivity index (χ3v) is 5.41. The summed E-state index contributed by atoms with van der Waals surface area (Å²) in [5, 5.41) is 11.0. The van der Waals surface area contributed by atoms with Gasteiger partial charge in [-0.05, 0) is 56.1 Å². The smallest absolute Gasteiger partial charge is 0.295 e. The number of rotatable bonds is 6. The Kier molecular flexibility index (Phi) is 6.39. The van der Waals surface area contributed by atoms with Crippen molar-refractivity contribution >= 4 is 33.4 Å². The Balaban J connectivity index is 2.11. The number of aliphatic hydroxyl groups is 1. The molecule has 0 spiro atoms. The average Bonchev–Trinajstić information content (AvgIpc) is 2.97. The molecule has 3 rings (SSSR count). The molecule has 1 unspecified atom stereocenters. The van der Waals surface area contributed by atoms with Crippen LogP contribution in [-0.2, 0) is 9.59 Å². The molecule has 6 nitrogen and oxygen atoms in total. The van der Waals surface area contributed by atoms with Crippen molar-refractivity contribution in [3.63, 3.8) is 0 Å². The number of likely N-dealkylation sites (tertiary alicyclic amines) is 1. The lowest BCUT2D eigenvalue weighted by Crippen LogP contribution is -2.35. The van der Waals surface area contributed by atoms with Gasteiger partial charge in [0.05, 0.1) is 18.7 Å². The second kappa shape index (κ2) is 8.80. The molecule has 1 saturated heterocycles. The van der Waals surface area contributed by atoms with Crippen LogP contribution >= 0.6 is 15.9 Å². The number of methoxy groups -OCH3 is 1. The maximum atomic E-state index is 12.9. The van der Waals surface area contributed by atoms with Gasteiger partial charge in [0.25, 0.3) is 11.7 Å². The van der Waals surface area contributed by atoms with Crippen LogP contribution in [0.4, 0.5) is 0 Å². The van der Waals surface area contributed by atoms with E-state index in [0.717, 1.165) is 10.0 Å². The van der Waals surface area contributed by atoms with Crippen molar-refractivity contribution in [2.45, 2.75) is 6.04 Å². The summed E-state index contributed by atoms with van der Waals surface area (Å²) < 4.78 is 6.04.